The van der Waals surface area contributed by atoms with Crippen LogP contribution in [0.3, 0.4) is 0 Å². The first kappa shape index (κ1) is 13.8. The van der Waals surface area contributed by atoms with Crippen LogP contribution in [-0.2, 0) is 0 Å². The molecule has 1 aromatic heterocycles. The standard InChI is InChI=1S/C12H21N5O2/c1-3-7-19-12-15-10(13-2)14-11(16-12)17-6-4-5-9(17)8-18/h9,18H,3-8H2,1-2H3,(H,13,14,15,16). The van der Waals surface area contributed by atoms with Crippen LogP contribution in [0.1, 0.15) is 26.2 Å². The molecule has 1 aliphatic rings. The Morgan fingerprint density at radius 2 is 2.26 bits per heavy atom. The van der Waals surface area contributed by atoms with Gasteiger partial charge in [-0.3, -0.25) is 0 Å². The Bertz CT molecular complexity index is 415. The van der Waals surface area contributed by atoms with Gasteiger partial charge in [0.2, 0.25) is 11.9 Å². The lowest BCUT2D eigenvalue weighted by molar-refractivity contribution is 0.264. The number of ether oxygens (including phenoxy) is 1. The van der Waals surface area contributed by atoms with Crippen LogP contribution in [0.4, 0.5) is 11.9 Å². The van der Waals surface area contributed by atoms with E-state index in [1.165, 1.54) is 0 Å². The van der Waals surface area contributed by atoms with Crippen molar-refractivity contribution in [3.05, 3.63) is 0 Å². The highest BCUT2D eigenvalue weighted by Gasteiger charge is 2.27. The van der Waals surface area contributed by atoms with E-state index in [0.717, 1.165) is 25.8 Å². The van der Waals surface area contributed by atoms with E-state index in [0.29, 0.717) is 24.5 Å². The quantitative estimate of drug-likeness (QED) is 0.783. The predicted octanol–water partition coefficient (Wildman–Crippen LogP) is 0.663. The molecule has 19 heavy (non-hydrogen) atoms. The van der Waals surface area contributed by atoms with Gasteiger partial charge < -0.3 is 20.1 Å². The van der Waals surface area contributed by atoms with Crippen molar-refractivity contribution < 1.29 is 9.84 Å². The summed E-state index contributed by atoms with van der Waals surface area (Å²) in [5.74, 6) is 1.06. The van der Waals surface area contributed by atoms with Crippen LogP contribution in [-0.4, -0.2) is 52.9 Å². The van der Waals surface area contributed by atoms with Crippen molar-refractivity contribution in [1.82, 2.24) is 15.0 Å². The van der Waals surface area contributed by atoms with Crippen molar-refractivity contribution in [2.24, 2.45) is 0 Å². The zero-order chi connectivity index (χ0) is 13.7. The van der Waals surface area contributed by atoms with E-state index in [2.05, 4.69) is 20.3 Å². The Labute approximate surface area is 113 Å². The second-order valence-corrected chi connectivity index (χ2v) is 4.51. The van der Waals surface area contributed by atoms with E-state index in [-0.39, 0.29) is 12.6 Å². The molecule has 1 unspecified atom stereocenters. The Morgan fingerprint density at radius 3 is 2.95 bits per heavy atom. The molecule has 0 aliphatic carbocycles. The van der Waals surface area contributed by atoms with Gasteiger partial charge in [0.1, 0.15) is 0 Å². The average molecular weight is 267 g/mol. The van der Waals surface area contributed by atoms with Gasteiger partial charge in [-0.2, -0.15) is 15.0 Å². The minimum absolute atomic E-state index is 0.0890. The fraction of sp³-hybridized carbons (Fsp3) is 0.750. The van der Waals surface area contributed by atoms with Crippen LogP contribution in [0.2, 0.25) is 0 Å². The summed E-state index contributed by atoms with van der Waals surface area (Å²) in [4.78, 5) is 14.9. The fourth-order valence-corrected chi connectivity index (χ4v) is 2.13. The molecular formula is C12H21N5O2. The molecule has 0 amide bonds. The van der Waals surface area contributed by atoms with Crippen molar-refractivity contribution in [2.75, 3.05) is 37.0 Å². The maximum Gasteiger partial charge on any atom is 0.323 e. The highest BCUT2D eigenvalue weighted by Crippen LogP contribution is 2.24. The SMILES string of the molecule is CCCOc1nc(NC)nc(N2CCCC2CO)n1. The molecule has 7 heteroatoms. The van der Waals surface area contributed by atoms with Gasteiger partial charge in [0.25, 0.3) is 0 Å². The third-order valence-electron chi connectivity index (χ3n) is 3.11. The molecule has 2 heterocycles. The van der Waals surface area contributed by atoms with Crippen molar-refractivity contribution in [3.8, 4) is 6.01 Å². The summed E-state index contributed by atoms with van der Waals surface area (Å²) >= 11 is 0. The number of anilines is 2. The van der Waals surface area contributed by atoms with E-state index >= 15 is 0 Å². The minimum atomic E-state index is 0.0890. The van der Waals surface area contributed by atoms with Crippen LogP contribution < -0.4 is 15.0 Å². The van der Waals surface area contributed by atoms with E-state index in [4.69, 9.17) is 4.74 Å². The molecule has 0 bridgehead atoms. The van der Waals surface area contributed by atoms with E-state index in [1.807, 2.05) is 11.8 Å². The second-order valence-electron chi connectivity index (χ2n) is 4.51. The van der Waals surface area contributed by atoms with Gasteiger partial charge in [-0.05, 0) is 19.3 Å². The Morgan fingerprint density at radius 1 is 1.42 bits per heavy atom. The molecule has 0 radical (unpaired) electrons. The van der Waals surface area contributed by atoms with Crippen LogP contribution >= 0.6 is 0 Å². The first-order valence-electron chi connectivity index (χ1n) is 6.72. The number of hydrogen-bond acceptors (Lipinski definition) is 7. The summed E-state index contributed by atoms with van der Waals surface area (Å²) in [5, 5.41) is 12.3. The van der Waals surface area contributed by atoms with Gasteiger partial charge in [-0.1, -0.05) is 6.92 Å². The molecule has 1 aliphatic heterocycles. The van der Waals surface area contributed by atoms with Gasteiger partial charge in [0.15, 0.2) is 0 Å². The second kappa shape index (κ2) is 6.51. The summed E-state index contributed by atoms with van der Waals surface area (Å²) in [6, 6.07) is 0.422. The number of nitrogens with zero attached hydrogens (tertiary/aromatic N) is 4. The van der Waals surface area contributed by atoms with Crippen molar-refractivity contribution in [1.29, 1.82) is 0 Å². The van der Waals surface area contributed by atoms with E-state index in [1.54, 1.807) is 7.05 Å². The molecule has 1 aromatic rings. The molecule has 0 spiro atoms. The minimum Gasteiger partial charge on any atom is -0.463 e. The lowest BCUT2D eigenvalue weighted by Crippen LogP contribution is -2.33. The molecular weight excluding hydrogens is 246 g/mol. The summed E-state index contributed by atoms with van der Waals surface area (Å²) < 4.78 is 5.48. The van der Waals surface area contributed by atoms with Crippen molar-refractivity contribution >= 4 is 11.9 Å². The number of hydrogen-bond donors (Lipinski definition) is 2. The van der Waals surface area contributed by atoms with Crippen LogP contribution in [0.5, 0.6) is 6.01 Å². The first-order valence-corrected chi connectivity index (χ1v) is 6.72. The zero-order valence-electron chi connectivity index (χ0n) is 11.5. The molecule has 2 N–H and O–H groups in total. The maximum atomic E-state index is 9.38. The summed E-state index contributed by atoms with van der Waals surface area (Å²) in [6.07, 6.45) is 2.90. The molecule has 106 valence electrons. The van der Waals surface area contributed by atoms with Gasteiger partial charge in [-0.25, -0.2) is 0 Å². The summed E-state index contributed by atoms with van der Waals surface area (Å²) in [7, 11) is 1.76. The van der Waals surface area contributed by atoms with Crippen LogP contribution in [0, 0.1) is 0 Å². The lowest BCUT2D eigenvalue weighted by Gasteiger charge is -2.23. The Kier molecular flexibility index (Phi) is 4.73. The summed E-state index contributed by atoms with van der Waals surface area (Å²) in [5.41, 5.74) is 0. The molecule has 1 fully saturated rings. The summed E-state index contributed by atoms with van der Waals surface area (Å²) in [6.45, 7) is 3.58. The monoisotopic (exact) mass is 267 g/mol. The molecule has 0 aromatic carbocycles. The Hall–Kier alpha value is -1.63. The molecule has 0 saturated carbocycles. The van der Waals surface area contributed by atoms with Gasteiger partial charge in [0.05, 0.1) is 19.3 Å². The number of nitrogens with one attached hydrogen (secondary N) is 1. The third kappa shape index (κ3) is 3.23. The van der Waals surface area contributed by atoms with Gasteiger partial charge >= 0.3 is 6.01 Å². The smallest absolute Gasteiger partial charge is 0.323 e. The normalized spacial score (nSPS) is 18.7. The highest BCUT2D eigenvalue weighted by molar-refractivity contribution is 5.40. The largest absolute Gasteiger partial charge is 0.463 e. The van der Waals surface area contributed by atoms with Gasteiger partial charge in [-0.15, -0.1) is 0 Å². The van der Waals surface area contributed by atoms with Crippen LogP contribution in [0.15, 0.2) is 0 Å². The zero-order valence-corrected chi connectivity index (χ0v) is 11.5. The van der Waals surface area contributed by atoms with E-state index in [9.17, 15) is 5.11 Å². The average Bonchev–Trinajstić information content (AvgIpc) is 2.93. The lowest BCUT2D eigenvalue weighted by atomic mass is 10.2. The number of aliphatic hydroxyl groups excluding tert-OH is 1. The first-order chi connectivity index (χ1) is 9.28. The van der Waals surface area contributed by atoms with Gasteiger partial charge in [0, 0.05) is 13.6 Å². The maximum absolute atomic E-state index is 9.38. The van der Waals surface area contributed by atoms with Crippen molar-refractivity contribution in [3.63, 3.8) is 0 Å². The topological polar surface area (TPSA) is 83.4 Å². The number of rotatable bonds is 6. The Balaban J connectivity index is 2.23. The fourth-order valence-electron chi connectivity index (χ4n) is 2.13. The molecule has 2 rings (SSSR count). The highest BCUT2D eigenvalue weighted by atomic mass is 16.5. The predicted molar refractivity (Wildman–Crippen MR) is 72.6 cm³/mol. The molecule has 1 atom stereocenters. The molecule has 1 saturated heterocycles. The van der Waals surface area contributed by atoms with Crippen LogP contribution in [0.25, 0.3) is 0 Å². The van der Waals surface area contributed by atoms with Crippen molar-refractivity contribution in [2.45, 2.75) is 32.2 Å². The van der Waals surface area contributed by atoms with E-state index < -0.39 is 0 Å². The number of aliphatic hydroxyl groups is 1. The third-order valence-corrected chi connectivity index (χ3v) is 3.11. The number of aromatic nitrogens is 3. The molecule has 7 nitrogen and oxygen atoms in total.